The smallest absolute Gasteiger partial charge is 0.191 e. The Kier molecular flexibility index (Phi) is 4.04. The molecule has 3 N–H and O–H groups in total. The summed E-state index contributed by atoms with van der Waals surface area (Å²) in [5, 5.41) is 4.01. The average Bonchev–Trinajstić information content (AvgIpc) is 2.39. The maximum absolute atomic E-state index is 5.74. The van der Waals surface area contributed by atoms with E-state index >= 15 is 0 Å². The predicted octanol–water partition coefficient (Wildman–Crippen LogP) is 2.95. The summed E-state index contributed by atoms with van der Waals surface area (Å²) in [7, 11) is 0. The molecule has 18 heavy (non-hydrogen) atoms. The first-order chi connectivity index (χ1) is 8.69. The lowest BCUT2D eigenvalue weighted by Gasteiger charge is -2.15. The van der Waals surface area contributed by atoms with Crippen LogP contribution in [0.3, 0.4) is 0 Å². The van der Waals surface area contributed by atoms with Crippen LogP contribution in [-0.2, 0) is 0 Å². The lowest BCUT2D eigenvalue weighted by molar-refractivity contribution is 0.857. The Balaban J connectivity index is 2.16. The molecule has 5 heteroatoms. The molecule has 1 unspecified atom stereocenters. The van der Waals surface area contributed by atoms with Gasteiger partial charge in [0.1, 0.15) is 11.6 Å². The van der Waals surface area contributed by atoms with Crippen molar-refractivity contribution in [2.75, 3.05) is 17.3 Å². The number of aromatic nitrogens is 2. The molecule has 1 aromatic carbocycles. The molecule has 2 aromatic rings. The van der Waals surface area contributed by atoms with Crippen molar-refractivity contribution in [2.45, 2.75) is 18.1 Å². The number of nitrogen functional groups attached to an aromatic ring is 1. The summed E-state index contributed by atoms with van der Waals surface area (Å²) in [5.74, 6) is 1.24. The molecule has 0 bridgehead atoms. The lowest BCUT2D eigenvalue weighted by Crippen LogP contribution is -2.09. The van der Waals surface area contributed by atoms with Gasteiger partial charge in [-0.3, -0.25) is 0 Å². The van der Waals surface area contributed by atoms with E-state index in [2.05, 4.69) is 34.3 Å². The number of nitrogens with zero attached hydrogens (tertiary/aromatic N) is 2. The van der Waals surface area contributed by atoms with Gasteiger partial charge in [0, 0.05) is 12.1 Å². The Morgan fingerprint density at radius 3 is 2.61 bits per heavy atom. The van der Waals surface area contributed by atoms with Crippen LogP contribution in [0.15, 0.2) is 41.6 Å². The minimum Gasteiger partial charge on any atom is -0.383 e. The zero-order valence-electron chi connectivity index (χ0n) is 10.4. The fourth-order valence-electron chi connectivity index (χ4n) is 1.66. The molecule has 0 fully saturated rings. The van der Waals surface area contributed by atoms with Crippen molar-refractivity contribution in [2.24, 2.45) is 0 Å². The van der Waals surface area contributed by atoms with Gasteiger partial charge in [-0.25, -0.2) is 9.97 Å². The number of nitrogens with two attached hydrogens (primary N) is 1. The van der Waals surface area contributed by atoms with Gasteiger partial charge in [0.15, 0.2) is 5.16 Å². The van der Waals surface area contributed by atoms with Gasteiger partial charge >= 0.3 is 0 Å². The Bertz CT molecular complexity index is 516. The van der Waals surface area contributed by atoms with Gasteiger partial charge in [-0.15, -0.1) is 0 Å². The van der Waals surface area contributed by atoms with Gasteiger partial charge in [-0.2, -0.15) is 0 Å². The van der Waals surface area contributed by atoms with E-state index < -0.39 is 0 Å². The van der Waals surface area contributed by atoms with Crippen LogP contribution in [0.5, 0.6) is 0 Å². The summed E-state index contributed by atoms with van der Waals surface area (Å²) in [6, 6.07) is 12.1. The van der Waals surface area contributed by atoms with E-state index in [9.17, 15) is 0 Å². The Morgan fingerprint density at radius 2 is 1.94 bits per heavy atom. The van der Waals surface area contributed by atoms with Gasteiger partial charge in [0.2, 0.25) is 0 Å². The second kappa shape index (κ2) is 5.73. The third kappa shape index (κ3) is 3.13. The maximum Gasteiger partial charge on any atom is 0.191 e. The van der Waals surface area contributed by atoms with Crippen LogP contribution in [0, 0.1) is 0 Å². The molecule has 0 aliphatic heterocycles. The van der Waals surface area contributed by atoms with E-state index in [1.807, 2.05) is 24.5 Å². The number of nitrogens with one attached hydrogen (secondary N) is 1. The molecule has 0 saturated heterocycles. The molecule has 94 valence electrons. The highest BCUT2D eigenvalue weighted by Crippen LogP contribution is 2.20. The Morgan fingerprint density at radius 1 is 1.22 bits per heavy atom. The number of benzene rings is 1. The molecule has 1 atom stereocenters. The van der Waals surface area contributed by atoms with E-state index in [0.29, 0.717) is 11.0 Å². The van der Waals surface area contributed by atoms with Gasteiger partial charge < -0.3 is 11.1 Å². The van der Waals surface area contributed by atoms with Crippen molar-refractivity contribution in [3.8, 4) is 0 Å². The second-order valence-electron chi connectivity index (χ2n) is 3.94. The third-order valence-electron chi connectivity index (χ3n) is 2.57. The molecule has 0 aliphatic carbocycles. The maximum atomic E-state index is 5.74. The molecule has 0 saturated carbocycles. The summed E-state index contributed by atoms with van der Waals surface area (Å²) in [6.07, 6.45) is 1.93. The fraction of sp³-hybridized carbons (Fsp3) is 0.231. The zero-order valence-corrected chi connectivity index (χ0v) is 11.2. The molecular formula is C13H16N4S. The van der Waals surface area contributed by atoms with Gasteiger partial charge in [0.05, 0.1) is 0 Å². The van der Waals surface area contributed by atoms with Crippen LogP contribution in [0.2, 0.25) is 0 Å². The van der Waals surface area contributed by atoms with Gasteiger partial charge in [-0.1, -0.05) is 42.1 Å². The van der Waals surface area contributed by atoms with Crippen LogP contribution < -0.4 is 11.1 Å². The van der Waals surface area contributed by atoms with Crippen LogP contribution >= 0.6 is 11.8 Å². The summed E-state index contributed by atoms with van der Waals surface area (Å²) < 4.78 is 0. The van der Waals surface area contributed by atoms with E-state index in [1.54, 1.807) is 6.07 Å². The minimum absolute atomic E-state index is 0.176. The predicted molar refractivity (Wildman–Crippen MR) is 76.7 cm³/mol. The molecular weight excluding hydrogens is 244 g/mol. The van der Waals surface area contributed by atoms with E-state index in [-0.39, 0.29) is 6.04 Å². The average molecular weight is 260 g/mol. The van der Waals surface area contributed by atoms with Crippen molar-refractivity contribution >= 4 is 23.4 Å². The normalized spacial score (nSPS) is 12.1. The fourth-order valence-corrected chi connectivity index (χ4v) is 2.04. The minimum atomic E-state index is 0.176. The van der Waals surface area contributed by atoms with Crippen molar-refractivity contribution in [1.82, 2.24) is 9.97 Å². The number of rotatable bonds is 4. The van der Waals surface area contributed by atoms with Crippen molar-refractivity contribution in [3.05, 3.63) is 42.0 Å². The number of anilines is 2. The molecule has 0 aliphatic rings. The summed E-state index contributed by atoms with van der Waals surface area (Å²) >= 11 is 1.48. The van der Waals surface area contributed by atoms with Crippen molar-refractivity contribution < 1.29 is 0 Å². The van der Waals surface area contributed by atoms with Crippen LogP contribution in [0.25, 0.3) is 0 Å². The first kappa shape index (κ1) is 12.7. The summed E-state index contributed by atoms with van der Waals surface area (Å²) in [5.41, 5.74) is 6.95. The molecule has 1 heterocycles. The topological polar surface area (TPSA) is 63.8 Å². The van der Waals surface area contributed by atoms with Crippen molar-refractivity contribution in [3.63, 3.8) is 0 Å². The van der Waals surface area contributed by atoms with E-state index in [1.165, 1.54) is 17.3 Å². The molecule has 1 aromatic heterocycles. The standard InChI is InChI=1S/C13H16N4S/c1-9(10-6-4-3-5-7-10)15-12-8-11(14)16-13(17-12)18-2/h3-9H,1-2H3,(H3,14,15,16,17). The van der Waals surface area contributed by atoms with Crippen molar-refractivity contribution in [1.29, 1.82) is 0 Å². The molecule has 0 amide bonds. The number of hydrogen-bond donors (Lipinski definition) is 2. The Labute approximate surface area is 111 Å². The first-order valence-corrected chi connectivity index (χ1v) is 6.91. The van der Waals surface area contributed by atoms with Gasteiger partial charge in [0.25, 0.3) is 0 Å². The lowest BCUT2D eigenvalue weighted by atomic mass is 10.1. The highest BCUT2D eigenvalue weighted by atomic mass is 32.2. The molecule has 2 rings (SSSR count). The zero-order chi connectivity index (χ0) is 13.0. The molecule has 0 radical (unpaired) electrons. The monoisotopic (exact) mass is 260 g/mol. The van der Waals surface area contributed by atoms with Crippen LogP contribution in [0.4, 0.5) is 11.6 Å². The highest BCUT2D eigenvalue weighted by molar-refractivity contribution is 7.98. The van der Waals surface area contributed by atoms with Crippen LogP contribution in [0.1, 0.15) is 18.5 Å². The SMILES string of the molecule is CSc1nc(N)cc(NC(C)c2ccccc2)n1. The second-order valence-corrected chi connectivity index (χ2v) is 4.71. The highest BCUT2D eigenvalue weighted by Gasteiger charge is 2.07. The number of hydrogen-bond acceptors (Lipinski definition) is 5. The van der Waals surface area contributed by atoms with Gasteiger partial charge in [-0.05, 0) is 18.7 Å². The largest absolute Gasteiger partial charge is 0.383 e. The number of thioether (sulfide) groups is 1. The summed E-state index contributed by atoms with van der Waals surface area (Å²) in [6.45, 7) is 2.09. The van der Waals surface area contributed by atoms with E-state index in [4.69, 9.17) is 5.73 Å². The molecule has 4 nitrogen and oxygen atoms in total. The quantitative estimate of drug-likeness (QED) is 0.653. The third-order valence-corrected chi connectivity index (χ3v) is 3.12. The Hall–Kier alpha value is -1.75. The first-order valence-electron chi connectivity index (χ1n) is 5.69. The molecule has 0 spiro atoms. The summed E-state index contributed by atoms with van der Waals surface area (Å²) in [4.78, 5) is 8.50. The van der Waals surface area contributed by atoms with Crippen LogP contribution in [-0.4, -0.2) is 16.2 Å². The van der Waals surface area contributed by atoms with E-state index in [0.717, 1.165) is 5.82 Å².